The molecule has 0 bridgehead atoms. The van der Waals surface area contributed by atoms with Gasteiger partial charge in [0.25, 0.3) is 0 Å². The third kappa shape index (κ3) is 2.18. The van der Waals surface area contributed by atoms with Gasteiger partial charge in [-0.05, 0) is 37.7 Å². The fourth-order valence-electron chi connectivity index (χ4n) is 2.54. The maximum atomic E-state index is 9.59. The summed E-state index contributed by atoms with van der Waals surface area (Å²) in [6.07, 6.45) is 9.37. The fraction of sp³-hybridized carbons (Fsp3) is 0.833. The topological polar surface area (TPSA) is 29.5 Å². The van der Waals surface area contributed by atoms with E-state index in [-0.39, 0.29) is 6.10 Å². The van der Waals surface area contributed by atoms with Crippen molar-refractivity contribution in [2.75, 3.05) is 0 Å². The number of aliphatic hydroxyl groups is 1. The first-order valence-corrected chi connectivity index (χ1v) is 5.77. The predicted molar refractivity (Wildman–Crippen MR) is 55.8 cm³/mol. The van der Waals surface area contributed by atoms with Crippen molar-refractivity contribution >= 4 is 0 Å². The molecule has 14 heavy (non-hydrogen) atoms. The zero-order chi connectivity index (χ0) is 9.97. The molecular formula is C12H20O2. The van der Waals surface area contributed by atoms with Gasteiger partial charge in [0.05, 0.1) is 6.10 Å². The molecule has 1 N–H and O–H groups in total. The third-order valence-electron chi connectivity index (χ3n) is 3.54. The number of ether oxygens (including phenoxy) is 1. The summed E-state index contributed by atoms with van der Waals surface area (Å²) in [5.41, 5.74) is 0.969. The van der Waals surface area contributed by atoms with Crippen molar-refractivity contribution in [1.29, 1.82) is 0 Å². The summed E-state index contributed by atoms with van der Waals surface area (Å²) < 4.78 is 5.63. The van der Waals surface area contributed by atoms with Crippen molar-refractivity contribution in [1.82, 2.24) is 0 Å². The zero-order valence-corrected chi connectivity index (χ0v) is 8.91. The van der Waals surface area contributed by atoms with Gasteiger partial charge in [0, 0.05) is 0 Å². The highest BCUT2D eigenvalue weighted by Gasteiger charge is 2.28. The number of aliphatic hydroxyl groups excluding tert-OH is 1. The van der Waals surface area contributed by atoms with Gasteiger partial charge in [0.15, 0.2) is 6.29 Å². The van der Waals surface area contributed by atoms with Crippen LogP contribution in [0.4, 0.5) is 0 Å². The third-order valence-corrected chi connectivity index (χ3v) is 3.54. The second-order valence-corrected chi connectivity index (χ2v) is 4.61. The average molecular weight is 196 g/mol. The quantitative estimate of drug-likeness (QED) is 0.653. The lowest BCUT2D eigenvalue weighted by molar-refractivity contribution is -0.139. The molecule has 0 spiro atoms. The monoisotopic (exact) mass is 196 g/mol. The Morgan fingerprint density at radius 3 is 2.64 bits per heavy atom. The molecule has 0 saturated heterocycles. The fourth-order valence-corrected chi connectivity index (χ4v) is 2.54. The van der Waals surface area contributed by atoms with Crippen LogP contribution in [-0.2, 0) is 4.74 Å². The van der Waals surface area contributed by atoms with Crippen LogP contribution in [0.1, 0.15) is 45.4 Å². The van der Waals surface area contributed by atoms with E-state index in [1.54, 1.807) is 0 Å². The maximum Gasteiger partial charge on any atom is 0.177 e. The molecule has 0 amide bonds. The molecular weight excluding hydrogens is 176 g/mol. The van der Waals surface area contributed by atoms with Crippen LogP contribution in [0.25, 0.3) is 0 Å². The molecule has 0 aromatic rings. The largest absolute Gasteiger partial charge is 0.364 e. The Morgan fingerprint density at radius 2 is 2.00 bits per heavy atom. The standard InChI is InChI=1S/C12H20O2/c1-9-7-8-11(14-12(9)13)10-5-3-2-4-6-10/h7,10-13H,2-6,8H2,1H3. The van der Waals surface area contributed by atoms with E-state index in [1.165, 1.54) is 32.1 Å². The van der Waals surface area contributed by atoms with E-state index >= 15 is 0 Å². The van der Waals surface area contributed by atoms with Crippen molar-refractivity contribution in [2.45, 2.75) is 57.8 Å². The van der Waals surface area contributed by atoms with E-state index in [9.17, 15) is 5.11 Å². The molecule has 1 fully saturated rings. The Balaban J connectivity index is 1.92. The van der Waals surface area contributed by atoms with Crippen LogP contribution in [-0.4, -0.2) is 17.5 Å². The average Bonchev–Trinajstić information content (AvgIpc) is 2.23. The highest BCUT2D eigenvalue weighted by molar-refractivity contribution is 5.06. The smallest absolute Gasteiger partial charge is 0.177 e. The lowest BCUT2D eigenvalue weighted by Gasteiger charge is -2.34. The number of hydrogen-bond donors (Lipinski definition) is 1. The van der Waals surface area contributed by atoms with Crippen LogP contribution >= 0.6 is 0 Å². The van der Waals surface area contributed by atoms with Crippen LogP contribution < -0.4 is 0 Å². The second-order valence-electron chi connectivity index (χ2n) is 4.61. The lowest BCUT2D eigenvalue weighted by Crippen LogP contribution is -2.33. The summed E-state index contributed by atoms with van der Waals surface area (Å²) in [5, 5.41) is 9.59. The molecule has 1 aliphatic heterocycles. The molecule has 2 unspecified atom stereocenters. The molecule has 0 aromatic carbocycles. The molecule has 2 nitrogen and oxygen atoms in total. The summed E-state index contributed by atoms with van der Waals surface area (Å²) in [5.74, 6) is 0.683. The van der Waals surface area contributed by atoms with E-state index in [2.05, 4.69) is 6.08 Å². The van der Waals surface area contributed by atoms with Gasteiger partial charge in [-0.15, -0.1) is 0 Å². The first kappa shape index (κ1) is 10.2. The Hall–Kier alpha value is -0.340. The summed E-state index contributed by atoms with van der Waals surface area (Å²) in [4.78, 5) is 0. The lowest BCUT2D eigenvalue weighted by atomic mass is 9.83. The van der Waals surface area contributed by atoms with Gasteiger partial charge in [-0.2, -0.15) is 0 Å². The molecule has 0 aromatic heterocycles. The van der Waals surface area contributed by atoms with Gasteiger partial charge < -0.3 is 9.84 Å². The van der Waals surface area contributed by atoms with Crippen LogP contribution in [0.2, 0.25) is 0 Å². The molecule has 2 atom stereocenters. The molecule has 1 saturated carbocycles. The van der Waals surface area contributed by atoms with Gasteiger partial charge in [-0.1, -0.05) is 25.3 Å². The molecule has 2 rings (SSSR count). The summed E-state index contributed by atoms with van der Waals surface area (Å²) in [6, 6.07) is 0. The molecule has 1 heterocycles. The van der Waals surface area contributed by atoms with Crippen molar-refractivity contribution in [3.8, 4) is 0 Å². The summed E-state index contributed by atoms with van der Waals surface area (Å²) >= 11 is 0. The van der Waals surface area contributed by atoms with Gasteiger partial charge >= 0.3 is 0 Å². The molecule has 0 radical (unpaired) electrons. The number of hydrogen-bond acceptors (Lipinski definition) is 2. The molecule has 2 aliphatic rings. The van der Waals surface area contributed by atoms with E-state index in [4.69, 9.17) is 4.74 Å². The van der Waals surface area contributed by atoms with Gasteiger partial charge in [-0.3, -0.25) is 0 Å². The van der Waals surface area contributed by atoms with E-state index < -0.39 is 6.29 Å². The Kier molecular flexibility index (Phi) is 3.24. The summed E-state index contributed by atoms with van der Waals surface area (Å²) in [7, 11) is 0. The van der Waals surface area contributed by atoms with Crippen LogP contribution in [0.15, 0.2) is 11.6 Å². The SMILES string of the molecule is CC1=CCC(C2CCCCC2)OC1O. The van der Waals surface area contributed by atoms with Crippen LogP contribution in [0.5, 0.6) is 0 Å². The first-order chi connectivity index (χ1) is 6.77. The second kappa shape index (κ2) is 4.45. The van der Waals surface area contributed by atoms with Crippen molar-refractivity contribution in [2.24, 2.45) is 5.92 Å². The van der Waals surface area contributed by atoms with Crippen molar-refractivity contribution in [3.05, 3.63) is 11.6 Å². The van der Waals surface area contributed by atoms with E-state index in [0.717, 1.165) is 12.0 Å². The van der Waals surface area contributed by atoms with E-state index in [0.29, 0.717) is 5.92 Å². The highest BCUT2D eigenvalue weighted by atomic mass is 16.6. The first-order valence-electron chi connectivity index (χ1n) is 5.77. The van der Waals surface area contributed by atoms with Gasteiger partial charge in [-0.25, -0.2) is 0 Å². The maximum absolute atomic E-state index is 9.59. The minimum atomic E-state index is -0.643. The minimum Gasteiger partial charge on any atom is -0.364 e. The predicted octanol–water partition coefficient (Wildman–Crippen LogP) is 2.62. The molecule has 1 aliphatic carbocycles. The van der Waals surface area contributed by atoms with Crippen LogP contribution in [0, 0.1) is 5.92 Å². The van der Waals surface area contributed by atoms with Gasteiger partial charge in [0.2, 0.25) is 0 Å². The molecule has 80 valence electrons. The van der Waals surface area contributed by atoms with Crippen LogP contribution in [0.3, 0.4) is 0 Å². The molecule has 2 heteroatoms. The Bertz CT molecular complexity index is 216. The Morgan fingerprint density at radius 1 is 1.29 bits per heavy atom. The normalized spacial score (nSPS) is 35.4. The zero-order valence-electron chi connectivity index (χ0n) is 8.91. The van der Waals surface area contributed by atoms with Crippen molar-refractivity contribution < 1.29 is 9.84 Å². The van der Waals surface area contributed by atoms with E-state index in [1.807, 2.05) is 6.92 Å². The minimum absolute atomic E-state index is 0.272. The van der Waals surface area contributed by atoms with Crippen molar-refractivity contribution in [3.63, 3.8) is 0 Å². The highest BCUT2D eigenvalue weighted by Crippen LogP contribution is 2.32. The Labute approximate surface area is 86.0 Å². The van der Waals surface area contributed by atoms with Gasteiger partial charge in [0.1, 0.15) is 0 Å². The number of rotatable bonds is 1. The summed E-state index contributed by atoms with van der Waals surface area (Å²) in [6.45, 7) is 1.93.